The van der Waals surface area contributed by atoms with Crippen LogP contribution in [0.4, 0.5) is 10.6 Å². The number of aromatic nitrogens is 5. The minimum absolute atomic E-state index is 0.0632. The number of benzene rings is 1. The normalized spacial score (nSPS) is 13.7. The first-order chi connectivity index (χ1) is 18.3. The smallest absolute Gasteiger partial charge is 0.407 e. The molecule has 0 saturated heterocycles. The lowest BCUT2D eigenvalue weighted by molar-refractivity contribution is 0.143. The van der Waals surface area contributed by atoms with E-state index in [9.17, 15) is 13.2 Å². The van der Waals surface area contributed by atoms with Crippen LogP contribution in [0.5, 0.6) is 0 Å². The Morgan fingerprint density at radius 2 is 2.08 bits per heavy atom. The number of anilines is 1. The fraction of sp³-hybridized carbons (Fsp3) is 0.280. The van der Waals surface area contributed by atoms with Crippen molar-refractivity contribution in [1.82, 2.24) is 28.8 Å². The summed E-state index contributed by atoms with van der Waals surface area (Å²) in [5.41, 5.74) is 8.31. The highest BCUT2D eigenvalue weighted by atomic mass is 35.5. The number of hydrogen-bond donors (Lipinski definition) is 2. The summed E-state index contributed by atoms with van der Waals surface area (Å²) >= 11 is 5.89. The van der Waals surface area contributed by atoms with Crippen LogP contribution in [0.3, 0.4) is 0 Å². The molecule has 1 aromatic carbocycles. The number of amides is 1. The summed E-state index contributed by atoms with van der Waals surface area (Å²) in [6.07, 6.45) is 10.6. The number of fused-ring (bicyclic) bond motifs is 2. The highest BCUT2D eigenvalue weighted by Crippen LogP contribution is 2.26. The minimum Gasteiger partial charge on any atom is -0.450 e. The minimum atomic E-state index is -3.61. The lowest BCUT2D eigenvalue weighted by atomic mass is 10.1. The van der Waals surface area contributed by atoms with Crippen molar-refractivity contribution in [1.29, 1.82) is 0 Å². The van der Waals surface area contributed by atoms with Crippen LogP contribution >= 0.6 is 11.6 Å². The molecule has 38 heavy (non-hydrogen) atoms. The maximum absolute atomic E-state index is 13.0. The van der Waals surface area contributed by atoms with E-state index in [0.717, 1.165) is 17.4 Å². The molecule has 5 rings (SSSR count). The van der Waals surface area contributed by atoms with Gasteiger partial charge in [0.05, 0.1) is 23.4 Å². The Bertz CT molecular complexity index is 1670. The van der Waals surface area contributed by atoms with Gasteiger partial charge >= 0.3 is 6.09 Å². The molecule has 3 heterocycles. The first kappa shape index (κ1) is 25.7. The number of carbonyl (C=O) groups excluding carboxylic acids is 1. The van der Waals surface area contributed by atoms with Crippen molar-refractivity contribution in [2.45, 2.75) is 38.8 Å². The third-order valence-corrected chi connectivity index (χ3v) is 8.22. The summed E-state index contributed by atoms with van der Waals surface area (Å²) in [5.74, 6) is 0.232. The van der Waals surface area contributed by atoms with Crippen molar-refractivity contribution >= 4 is 55.6 Å². The molecule has 1 aliphatic carbocycles. The van der Waals surface area contributed by atoms with E-state index in [2.05, 4.69) is 20.3 Å². The molecule has 0 fully saturated rings. The van der Waals surface area contributed by atoms with Crippen molar-refractivity contribution in [2.75, 3.05) is 12.3 Å². The first-order valence-corrected chi connectivity index (χ1v) is 13.9. The fourth-order valence-electron chi connectivity index (χ4n) is 4.28. The average Bonchev–Trinajstić information content (AvgIpc) is 3.52. The Labute approximate surface area is 224 Å². The van der Waals surface area contributed by atoms with Crippen molar-refractivity contribution < 1.29 is 17.9 Å². The van der Waals surface area contributed by atoms with Gasteiger partial charge in [-0.2, -0.15) is 9.97 Å². The molecule has 13 heteroatoms. The average molecular weight is 556 g/mol. The summed E-state index contributed by atoms with van der Waals surface area (Å²) in [5, 5.41) is 3.56. The number of imidazole rings is 1. The van der Waals surface area contributed by atoms with E-state index < -0.39 is 16.1 Å². The molecule has 1 aliphatic rings. The van der Waals surface area contributed by atoms with E-state index in [0.29, 0.717) is 47.4 Å². The van der Waals surface area contributed by atoms with Crippen LogP contribution in [0.15, 0.2) is 59.9 Å². The van der Waals surface area contributed by atoms with Gasteiger partial charge < -0.3 is 20.4 Å². The molecular weight excluding hydrogens is 530 g/mol. The van der Waals surface area contributed by atoms with E-state index in [1.807, 2.05) is 16.7 Å². The summed E-state index contributed by atoms with van der Waals surface area (Å²) in [6, 6.07) is 7.16. The zero-order valence-electron chi connectivity index (χ0n) is 20.4. The summed E-state index contributed by atoms with van der Waals surface area (Å²) in [4.78, 5) is 24.8. The Morgan fingerprint density at radius 1 is 1.21 bits per heavy atom. The molecule has 0 aliphatic heterocycles. The maximum atomic E-state index is 13.0. The number of nitrogens with two attached hydrogens (primary N) is 1. The number of ether oxygens (including phenoxy) is 1. The van der Waals surface area contributed by atoms with Gasteiger partial charge in [-0.15, -0.1) is 0 Å². The van der Waals surface area contributed by atoms with Crippen molar-refractivity contribution in [2.24, 2.45) is 0 Å². The number of nitrogen functional groups attached to an aromatic ring is 1. The first-order valence-electron chi connectivity index (χ1n) is 12.1. The molecule has 0 bridgehead atoms. The summed E-state index contributed by atoms with van der Waals surface area (Å²) < 4.78 is 34.5. The predicted octanol–water partition coefficient (Wildman–Crippen LogP) is 4.14. The molecule has 0 saturated carbocycles. The van der Waals surface area contributed by atoms with Gasteiger partial charge in [-0.3, -0.25) is 0 Å². The lowest BCUT2D eigenvalue weighted by Gasteiger charge is -2.12. The quantitative estimate of drug-likeness (QED) is 0.231. The molecule has 1 amide bonds. The zero-order valence-corrected chi connectivity index (χ0v) is 22.0. The van der Waals surface area contributed by atoms with Crippen LogP contribution in [-0.2, 0) is 27.8 Å². The number of aryl methyl sites for hydroxylation is 1. The number of rotatable bonds is 9. The molecule has 11 nitrogen and oxygen atoms in total. The summed E-state index contributed by atoms with van der Waals surface area (Å²) in [7, 11) is -3.61. The molecule has 0 radical (unpaired) electrons. The fourth-order valence-corrected chi connectivity index (χ4v) is 5.98. The molecule has 0 spiro atoms. The molecule has 3 aromatic heterocycles. The highest BCUT2D eigenvalue weighted by molar-refractivity contribution is 7.94. The van der Waals surface area contributed by atoms with Gasteiger partial charge in [0, 0.05) is 24.7 Å². The van der Waals surface area contributed by atoms with Gasteiger partial charge in [-0.05, 0) is 67.1 Å². The largest absolute Gasteiger partial charge is 0.450 e. The Balaban J connectivity index is 1.10. The second-order valence-electron chi connectivity index (χ2n) is 8.79. The molecule has 0 unspecified atom stereocenters. The van der Waals surface area contributed by atoms with Gasteiger partial charge in [0.2, 0.25) is 5.28 Å². The van der Waals surface area contributed by atoms with Crippen LogP contribution in [0.25, 0.3) is 22.1 Å². The van der Waals surface area contributed by atoms with E-state index in [4.69, 9.17) is 22.1 Å². The van der Waals surface area contributed by atoms with Crippen LogP contribution in [0.1, 0.15) is 31.2 Å². The molecule has 4 aromatic rings. The lowest BCUT2D eigenvalue weighted by Crippen LogP contribution is -2.24. The number of nitrogens with one attached hydrogen (secondary N) is 1. The number of unbranched alkanes of at least 4 members (excludes halogenated alkanes) is 1. The van der Waals surface area contributed by atoms with Gasteiger partial charge in [-0.1, -0.05) is 18.2 Å². The maximum Gasteiger partial charge on any atom is 0.407 e. The monoisotopic (exact) mass is 555 g/mol. The SMILES string of the molecule is Nc1nc(Cl)nc2c1ncn2CCCCOC(=O)NCc1ccc2c(ccn2S(=O)(=O)C2=CC=CCC2)c1. The van der Waals surface area contributed by atoms with Crippen LogP contribution in [-0.4, -0.2) is 44.6 Å². The van der Waals surface area contributed by atoms with Gasteiger partial charge in [0.25, 0.3) is 10.0 Å². The number of hydrogen-bond acceptors (Lipinski definition) is 8. The second-order valence-corrected chi connectivity index (χ2v) is 11.0. The molecular formula is C25H26ClN7O4S. The molecule has 3 N–H and O–H groups in total. The Morgan fingerprint density at radius 3 is 2.89 bits per heavy atom. The van der Waals surface area contributed by atoms with Crippen molar-refractivity contribution in [3.05, 3.63) is 70.8 Å². The molecule has 198 valence electrons. The van der Waals surface area contributed by atoms with Gasteiger partial charge in [0.15, 0.2) is 11.5 Å². The van der Waals surface area contributed by atoms with Crippen LogP contribution in [0.2, 0.25) is 5.28 Å². The Hall–Kier alpha value is -3.90. The topological polar surface area (TPSA) is 147 Å². The number of carbonyl (C=O) groups is 1. The van der Waals surface area contributed by atoms with E-state index in [1.165, 1.54) is 3.97 Å². The van der Waals surface area contributed by atoms with E-state index >= 15 is 0 Å². The number of halogens is 1. The van der Waals surface area contributed by atoms with Crippen LogP contribution in [0, 0.1) is 0 Å². The van der Waals surface area contributed by atoms with E-state index in [-0.39, 0.29) is 24.3 Å². The predicted molar refractivity (Wildman–Crippen MR) is 145 cm³/mol. The number of nitrogens with zero attached hydrogens (tertiary/aromatic N) is 5. The highest BCUT2D eigenvalue weighted by Gasteiger charge is 2.22. The summed E-state index contributed by atoms with van der Waals surface area (Å²) in [6.45, 7) is 1.12. The van der Waals surface area contributed by atoms with Gasteiger partial charge in [0.1, 0.15) is 5.52 Å². The van der Waals surface area contributed by atoms with Crippen molar-refractivity contribution in [3.8, 4) is 0 Å². The number of allylic oxidation sites excluding steroid dienone is 4. The second kappa shape index (κ2) is 10.8. The van der Waals surface area contributed by atoms with Crippen LogP contribution < -0.4 is 11.1 Å². The van der Waals surface area contributed by atoms with E-state index in [1.54, 1.807) is 42.9 Å². The third-order valence-electron chi connectivity index (χ3n) is 6.21. The number of alkyl carbamates (subject to hydrolysis) is 1. The van der Waals surface area contributed by atoms with Gasteiger partial charge in [-0.25, -0.2) is 22.2 Å². The molecule has 0 atom stereocenters. The zero-order chi connectivity index (χ0) is 26.7. The van der Waals surface area contributed by atoms with Crippen molar-refractivity contribution in [3.63, 3.8) is 0 Å². The Kier molecular flexibility index (Phi) is 7.34. The third kappa shape index (κ3) is 5.36. The standard InChI is InChI=1S/C25H26ClN7O4S/c26-24-30-22(27)21-23(31-24)32(16-29-21)11-4-5-13-37-25(34)28-15-17-8-9-20-18(14-17)10-12-33(20)38(35,36)19-6-2-1-3-7-19/h1-2,6,8-10,12,14,16H,3-5,7,11,13,15H2,(H,28,34)(H2,27,30,31).